The van der Waals surface area contributed by atoms with E-state index in [-0.39, 0.29) is 24.2 Å². The molecule has 1 atom stereocenters. The van der Waals surface area contributed by atoms with Gasteiger partial charge in [0, 0.05) is 20.2 Å². The second kappa shape index (κ2) is 5.10. The maximum atomic E-state index is 11.4. The van der Waals surface area contributed by atoms with E-state index in [1.807, 2.05) is 0 Å². The number of Topliss-reactive ketones (excluding diaryl/α,β-unsaturated/α-hetero) is 1. The molecule has 0 spiro atoms. The van der Waals surface area contributed by atoms with Crippen molar-refractivity contribution in [3.8, 4) is 0 Å². The molecule has 1 aliphatic heterocycles. The van der Waals surface area contributed by atoms with Crippen LogP contribution in [0.3, 0.4) is 0 Å². The van der Waals surface area contributed by atoms with Crippen molar-refractivity contribution in [3.63, 3.8) is 0 Å². The van der Waals surface area contributed by atoms with Crippen LogP contribution in [0.5, 0.6) is 0 Å². The van der Waals surface area contributed by atoms with Gasteiger partial charge in [-0.3, -0.25) is 9.59 Å². The average molecular weight is 199 g/mol. The first-order valence-corrected chi connectivity index (χ1v) is 4.94. The summed E-state index contributed by atoms with van der Waals surface area (Å²) in [5, 5.41) is 0. The van der Waals surface area contributed by atoms with Crippen molar-refractivity contribution < 1.29 is 14.3 Å². The van der Waals surface area contributed by atoms with Gasteiger partial charge in [-0.25, -0.2) is 0 Å². The monoisotopic (exact) mass is 199 g/mol. The molecule has 4 heteroatoms. The summed E-state index contributed by atoms with van der Waals surface area (Å²) in [4.78, 5) is 23.7. The fourth-order valence-corrected chi connectivity index (χ4v) is 1.54. The molecule has 0 aromatic rings. The van der Waals surface area contributed by atoms with E-state index in [4.69, 9.17) is 4.74 Å². The minimum atomic E-state index is -0.118. The van der Waals surface area contributed by atoms with Crippen molar-refractivity contribution in [2.24, 2.45) is 0 Å². The molecule has 0 radical (unpaired) electrons. The number of nitrogens with zero attached hydrogens (tertiary/aromatic N) is 1. The highest BCUT2D eigenvalue weighted by Gasteiger charge is 2.20. The summed E-state index contributed by atoms with van der Waals surface area (Å²) in [7, 11) is 1.72. The first-order chi connectivity index (χ1) is 6.59. The van der Waals surface area contributed by atoms with Crippen molar-refractivity contribution in [2.45, 2.75) is 32.3 Å². The molecule has 0 aliphatic carbocycles. The summed E-state index contributed by atoms with van der Waals surface area (Å²) in [6, 6.07) is 0. The van der Waals surface area contributed by atoms with E-state index in [1.54, 1.807) is 11.9 Å². The zero-order valence-corrected chi connectivity index (χ0v) is 8.78. The Kier molecular flexibility index (Phi) is 4.07. The summed E-state index contributed by atoms with van der Waals surface area (Å²) in [6.45, 7) is 2.82. The lowest BCUT2D eigenvalue weighted by atomic mass is 10.2. The number of ether oxygens (including phenoxy) is 1. The number of amides is 1. The molecule has 80 valence electrons. The van der Waals surface area contributed by atoms with Gasteiger partial charge in [0.15, 0.2) is 0 Å². The van der Waals surface area contributed by atoms with E-state index >= 15 is 0 Å². The van der Waals surface area contributed by atoms with Crippen LogP contribution in [0.2, 0.25) is 0 Å². The van der Waals surface area contributed by atoms with E-state index in [0.29, 0.717) is 6.54 Å². The molecule has 1 rings (SSSR count). The van der Waals surface area contributed by atoms with Crippen LogP contribution in [0, 0.1) is 0 Å². The fraction of sp³-hybridized carbons (Fsp3) is 0.800. The molecule has 1 amide bonds. The van der Waals surface area contributed by atoms with Crippen molar-refractivity contribution in [3.05, 3.63) is 0 Å². The number of ketones is 1. The van der Waals surface area contributed by atoms with Crippen LogP contribution in [-0.2, 0) is 14.3 Å². The molecule has 14 heavy (non-hydrogen) atoms. The van der Waals surface area contributed by atoms with Gasteiger partial charge in [0.05, 0.1) is 12.5 Å². The van der Waals surface area contributed by atoms with E-state index in [0.717, 1.165) is 19.4 Å². The van der Waals surface area contributed by atoms with Gasteiger partial charge >= 0.3 is 0 Å². The second-order valence-corrected chi connectivity index (χ2v) is 3.79. The minimum absolute atomic E-state index is 0.00319. The van der Waals surface area contributed by atoms with E-state index in [2.05, 4.69) is 0 Å². The Balaban J connectivity index is 2.29. The maximum Gasteiger partial charge on any atom is 0.229 e. The van der Waals surface area contributed by atoms with Gasteiger partial charge in [-0.05, 0) is 19.8 Å². The molecule has 0 aromatic heterocycles. The third-order valence-electron chi connectivity index (χ3n) is 2.33. The lowest BCUT2D eigenvalue weighted by Crippen LogP contribution is -2.34. The average Bonchev–Trinajstić information content (AvgIpc) is 2.55. The van der Waals surface area contributed by atoms with Crippen molar-refractivity contribution in [1.82, 2.24) is 4.90 Å². The van der Waals surface area contributed by atoms with Crippen LogP contribution in [0.15, 0.2) is 0 Å². The zero-order valence-electron chi connectivity index (χ0n) is 8.78. The zero-order chi connectivity index (χ0) is 10.6. The molecule has 0 bridgehead atoms. The first-order valence-electron chi connectivity index (χ1n) is 4.94. The van der Waals surface area contributed by atoms with Crippen molar-refractivity contribution in [2.75, 3.05) is 20.2 Å². The summed E-state index contributed by atoms with van der Waals surface area (Å²) in [5.74, 6) is -0.206. The molecule has 0 aromatic carbocycles. The molecule has 1 saturated heterocycles. The molecule has 0 N–H and O–H groups in total. The number of carbonyl (C=O) groups excluding carboxylic acids is 2. The maximum absolute atomic E-state index is 11.4. The lowest BCUT2D eigenvalue weighted by Gasteiger charge is -2.20. The van der Waals surface area contributed by atoms with Crippen LogP contribution in [0.25, 0.3) is 0 Å². The highest BCUT2D eigenvalue weighted by Crippen LogP contribution is 2.12. The van der Waals surface area contributed by atoms with Crippen molar-refractivity contribution in [1.29, 1.82) is 0 Å². The van der Waals surface area contributed by atoms with Crippen LogP contribution in [0.1, 0.15) is 26.2 Å². The normalized spacial score (nSPS) is 20.9. The van der Waals surface area contributed by atoms with E-state index in [9.17, 15) is 9.59 Å². The number of likely N-dealkylation sites (N-methyl/N-ethyl adjacent to an activating group) is 1. The van der Waals surface area contributed by atoms with Crippen LogP contribution < -0.4 is 0 Å². The van der Waals surface area contributed by atoms with Gasteiger partial charge in [0.25, 0.3) is 0 Å². The number of hydrogen-bond donors (Lipinski definition) is 0. The van der Waals surface area contributed by atoms with Gasteiger partial charge in [-0.2, -0.15) is 0 Å². The topological polar surface area (TPSA) is 46.6 Å². The minimum Gasteiger partial charge on any atom is -0.376 e. The largest absolute Gasteiger partial charge is 0.376 e. The standard InChI is InChI=1S/C10H17NO3/c1-8(12)6-10(13)11(2)7-9-4-3-5-14-9/h9H,3-7H2,1-2H3. The Morgan fingerprint density at radius 2 is 2.21 bits per heavy atom. The Bertz CT molecular complexity index is 221. The molecule has 1 aliphatic rings. The quantitative estimate of drug-likeness (QED) is 0.623. The number of hydrogen-bond acceptors (Lipinski definition) is 3. The van der Waals surface area contributed by atoms with E-state index < -0.39 is 0 Å². The molecular formula is C10H17NO3. The summed E-state index contributed by atoms with van der Waals surface area (Å²) < 4.78 is 5.40. The van der Waals surface area contributed by atoms with Gasteiger partial charge in [0.1, 0.15) is 5.78 Å². The highest BCUT2D eigenvalue weighted by atomic mass is 16.5. The molecule has 1 heterocycles. The van der Waals surface area contributed by atoms with Gasteiger partial charge in [0.2, 0.25) is 5.91 Å². The van der Waals surface area contributed by atoms with Gasteiger partial charge < -0.3 is 9.64 Å². The van der Waals surface area contributed by atoms with Crippen LogP contribution in [0.4, 0.5) is 0 Å². The molecule has 1 unspecified atom stereocenters. The Hall–Kier alpha value is -0.900. The molecule has 0 saturated carbocycles. The highest BCUT2D eigenvalue weighted by molar-refractivity contribution is 5.96. The SMILES string of the molecule is CC(=O)CC(=O)N(C)CC1CCCO1. The van der Waals surface area contributed by atoms with Crippen LogP contribution >= 0.6 is 0 Å². The second-order valence-electron chi connectivity index (χ2n) is 3.79. The predicted octanol–water partition coefficient (Wildman–Crippen LogP) is 0.603. The van der Waals surface area contributed by atoms with Gasteiger partial charge in [-0.1, -0.05) is 0 Å². The Morgan fingerprint density at radius 3 is 2.71 bits per heavy atom. The Morgan fingerprint density at radius 1 is 1.50 bits per heavy atom. The molecule has 1 fully saturated rings. The third-order valence-corrected chi connectivity index (χ3v) is 2.33. The van der Waals surface area contributed by atoms with Gasteiger partial charge in [-0.15, -0.1) is 0 Å². The van der Waals surface area contributed by atoms with Crippen molar-refractivity contribution >= 4 is 11.7 Å². The lowest BCUT2D eigenvalue weighted by molar-refractivity contribution is -0.134. The number of carbonyl (C=O) groups is 2. The fourth-order valence-electron chi connectivity index (χ4n) is 1.54. The molecule has 4 nitrogen and oxygen atoms in total. The number of rotatable bonds is 4. The Labute approximate surface area is 84.2 Å². The van der Waals surface area contributed by atoms with Crippen LogP contribution in [-0.4, -0.2) is 42.9 Å². The summed E-state index contributed by atoms with van der Waals surface area (Å²) >= 11 is 0. The smallest absolute Gasteiger partial charge is 0.229 e. The first kappa shape index (κ1) is 11.2. The third kappa shape index (κ3) is 3.46. The van der Waals surface area contributed by atoms with E-state index in [1.165, 1.54) is 6.92 Å². The summed E-state index contributed by atoms with van der Waals surface area (Å²) in [5.41, 5.74) is 0. The molecular weight excluding hydrogens is 182 g/mol. The predicted molar refractivity (Wildman–Crippen MR) is 51.9 cm³/mol. The summed E-state index contributed by atoms with van der Waals surface area (Å²) in [6.07, 6.45) is 2.25.